The highest BCUT2D eigenvalue weighted by Gasteiger charge is 2.17. The molecule has 0 unspecified atom stereocenters. The molecule has 3 nitrogen and oxygen atoms in total. The van der Waals surface area contributed by atoms with E-state index in [0.29, 0.717) is 0 Å². The average Bonchev–Trinajstić information content (AvgIpc) is 1.63. The van der Waals surface area contributed by atoms with Gasteiger partial charge in [-0.3, -0.25) is 9.59 Å². The third-order valence-electron chi connectivity index (χ3n) is 0.744. The molecule has 0 aromatic rings. The second-order valence-corrected chi connectivity index (χ2v) is 2.41. The molecule has 0 aliphatic carbocycles. The van der Waals surface area contributed by atoms with Gasteiger partial charge in [-0.2, -0.15) is 0 Å². The van der Waals surface area contributed by atoms with Gasteiger partial charge in [0.2, 0.25) is 12.2 Å². The van der Waals surface area contributed by atoms with E-state index in [1.54, 1.807) is 20.1 Å². The van der Waals surface area contributed by atoms with Gasteiger partial charge in [-0.05, 0) is 13.8 Å². The third kappa shape index (κ3) is 3.70. The van der Waals surface area contributed by atoms with Crippen molar-refractivity contribution in [3.05, 3.63) is 0 Å². The molecule has 0 atom stereocenters. The molecule has 1 N–H and O–H groups in total. The summed E-state index contributed by atoms with van der Waals surface area (Å²) in [6, 6.07) is 0. The summed E-state index contributed by atoms with van der Waals surface area (Å²) in [7, 11) is 0. The topological polar surface area (TPSA) is 46.2 Å². The van der Waals surface area contributed by atoms with E-state index in [-0.39, 0.29) is 5.91 Å². The highest BCUT2D eigenvalue weighted by molar-refractivity contribution is 5.79. The van der Waals surface area contributed by atoms with Gasteiger partial charge in [0.1, 0.15) is 5.54 Å². The van der Waals surface area contributed by atoms with Crippen LogP contribution in [0.4, 0.5) is 0 Å². The fraction of sp³-hybridized carbons (Fsp3) is 0.667. The largest absolute Gasteiger partial charge is 0.344 e. The number of carbonyl (C=O) groups is 1. The van der Waals surface area contributed by atoms with Gasteiger partial charge < -0.3 is 5.32 Å². The maximum Gasteiger partial charge on any atom is 0.225 e. The molecule has 0 aromatic heterocycles. The predicted molar refractivity (Wildman–Crippen MR) is 33.6 cm³/mol. The van der Waals surface area contributed by atoms with Crippen molar-refractivity contribution in [2.75, 3.05) is 0 Å². The molecular formula is C6H10NO2. The zero-order chi connectivity index (χ0) is 7.49. The standard InChI is InChI=1S/C6H10NO2/c1-5(9)7-6(2,3)4-8/h1-3H3,(H,7,9). The zero-order valence-electron chi connectivity index (χ0n) is 5.82. The van der Waals surface area contributed by atoms with E-state index >= 15 is 0 Å². The maximum absolute atomic E-state index is 10.3. The molecule has 1 radical (unpaired) electrons. The van der Waals surface area contributed by atoms with E-state index in [1.807, 2.05) is 0 Å². The Bertz CT molecular complexity index is 129. The highest BCUT2D eigenvalue weighted by Crippen LogP contribution is 1.94. The van der Waals surface area contributed by atoms with Gasteiger partial charge in [0.25, 0.3) is 0 Å². The Balaban J connectivity index is 3.86. The van der Waals surface area contributed by atoms with Gasteiger partial charge >= 0.3 is 0 Å². The fourth-order valence-electron chi connectivity index (χ4n) is 0.466. The van der Waals surface area contributed by atoms with Crippen molar-refractivity contribution >= 4 is 12.2 Å². The van der Waals surface area contributed by atoms with Crippen molar-refractivity contribution in [3.63, 3.8) is 0 Å². The molecule has 0 aromatic carbocycles. The first kappa shape index (κ1) is 8.14. The summed E-state index contributed by atoms with van der Waals surface area (Å²) < 4.78 is 0. The van der Waals surface area contributed by atoms with Crippen LogP contribution in [0.1, 0.15) is 20.8 Å². The van der Waals surface area contributed by atoms with Crippen molar-refractivity contribution in [2.24, 2.45) is 0 Å². The number of amides is 1. The van der Waals surface area contributed by atoms with Crippen molar-refractivity contribution in [1.82, 2.24) is 5.32 Å². The lowest BCUT2D eigenvalue weighted by atomic mass is 10.1. The van der Waals surface area contributed by atoms with Gasteiger partial charge in [-0.15, -0.1) is 0 Å². The van der Waals surface area contributed by atoms with Gasteiger partial charge in [0, 0.05) is 6.92 Å². The molecule has 1 amide bonds. The Morgan fingerprint density at radius 3 is 2.11 bits per heavy atom. The van der Waals surface area contributed by atoms with E-state index in [1.165, 1.54) is 6.92 Å². The lowest BCUT2D eigenvalue weighted by Gasteiger charge is -2.15. The van der Waals surface area contributed by atoms with Crippen LogP contribution in [0.25, 0.3) is 0 Å². The minimum atomic E-state index is -0.841. The smallest absolute Gasteiger partial charge is 0.225 e. The average molecular weight is 128 g/mol. The van der Waals surface area contributed by atoms with Crippen molar-refractivity contribution in [2.45, 2.75) is 26.3 Å². The van der Waals surface area contributed by atoms with E-state index in [0.717, 1.165) is 0 Å². The Hall–Kier alpha value is -0.860. The van der Waals surface area contributed by atoms with Crippen LogP contribution >= 0.6 is 0 Å². The molecule has 0 aliphatic rings. The number of rotatable bonds is 2. The first-order valence-corrected chi connectivity index (χ1v) is 2.66. The zero-order valence-corrected chi connectivity index (χ0v) is 5.82. The quantitative estimate of drug-likeness (QED) is 0.569. The second-order valence-electron chi connectivity index (χ2n) is 2.41. The van der Waals surface area contributed by atoms with E-state index in [4.69, 9.17) is 0 Å². The first-order valence-electron chi connectivity index (χ1n) is 2.66. The van der Waals surface area contributed by atoms with E-state index in [9.17, 15) is 9.59 Å². The molecule has 51 valence electrons. The summed E-state index contributed by atoms with van der Waals surface area (Å²) in [5.74, 6) is -0.219. The van der Waals surface area contributed by atoms with Crippen LogP contribution in [-0.4, -0.2) is 17.7 Å². The summed E-state index contributed by atoms with van der Waals surface area (Å²) in [5.41, 5.74) is -0.841. The summed E-state index contributed by atoms with van der Waals surface area (Å²) in [6.07, 6.45) is 1.69. The summed E-state index contributed by atoms with van der Waals surface area (Å²) in [6.45, 7) is 4.53. The molecule has 0 heterocycles. The number of hydrogen-bond acceptors (Lipinski definition) is 2. The first-order chi connectivity index (χ1) is 3.98. The van der Waals surface area contributed by atoms with E-state index < -0.39 is 5.54 Å². The van der Waals surface area contributed by atoms with Gasteiger partial charge in [-0.1, -0.05) is 0 Å². The number of carbonyl (C=O) groups excluding carboxylic acids is 2. The number of nitrogens with one attached hydrogen (secondary N) is 1. The van der Waals surface area contributed by atoms with Crippen LogP contribution < -0.4 is 5.32 Å². The van der Waals surface area contributed by atoms with Crippen LogP contribution in [0.5, 0.6) is 0 Å². The minimum Gasteiger partial charge on any atom is -0.344 e. The monoisotopic (exact) mass is 128 g/mol. The van der Waals surface area contributed by atoms with Crippen LogP contribution in [0.3, 0.4) is 0 Å². The van der Waals surface area contributed by atoms with Crippen molar-refractivity contribution < 1.29 is 9.59 Å². The normalized spacial score (nSPS) is 10.6. The number of hydrogen-bond donors (Lipinski definition) is 1. The Morgan fingerprint density at radius 2 is 2.00 bits per heavy atom. The summed E-state index contributed by atoms with van der Waals surface area (Å²) >= 11 is 0. The molecular weight excluding hydrogens is 118 g/mol. The second kappa shape index (κ2) is 2.62. The Kier molecular flexibility index (Phi) is 2.37. The summed E-state index contributed by atoms with van der Waals surface area (Å²) in [5, 5.41) is 2.41. The Morgan fingerprint density at radius 1 is 1.56 bits per heavy atom. The molecule has 0 bridgehead atoms. The molecule has 3 heteroatoms. The summed E-state index contributed by atoms with van der Waals surface area (Å²) in [4.78, 5) is 20.4. The van der Waals surface area contributed by atoms with Gasteiger partial charge in [0.05, 0.1) is 0 Å². The third-order valence-corrected chi connectivity index (χ3v) is 0.744. The fourth-order valence-corrected chi connectivity index (χ4v) is 0.466. The lowest BCUT2D eigenvalue weighted by Crippen LogP contribution is -2.43. The Labute approximate surface area is 54.4 Å². The predicted octanol–water partition coefficient (Wildman–Crippen LogP) is 0.0108. The van der Waals surface area contributed by atoms with Crippen LogP contribution in [0.15, 0.2) is 0 Å². The lowest BCUT2D eigenvalue weighted by molar-refractivity contribution is -0.119. The molecule has 0 spiro atoms. The molecule has 0 rings (SSSR count). The van der Waals surface area contributed by atoms with Crippen molar-refractivity contribution in [3.8, 4) is 0 Å². The van der Waals surface area contributed by atoms with Crippen LogP contribution in [0.2, 0.25) is 0 Å². The highest BCUT2D eigenvalue weighted by atomic mass is 16.2. The van der Waals surface area contributed by atoms with Crippen LogP contribution in [-0.2, 0) is 9.59 Å². The maximum atomic E-state index is 10.3. The molecule has 0 fully saturated rings. The van der Waals surface area contributed by atoms with Crippen molar-refractivity contribution in [1.29, 1.82) is 0 Å². The SMILES string of the molecule is CC(=O)NC(C)(C)[C]=O. The molecule has 0 saturated heterocycles. The van der Waals surface area contributed by atoms with E-state index in [2.05, 4.69) is 5.32 Å². The molecule has 9 heavy (non-hydrogen) atoms. The van der Waals surface area contributed by atoms with Gasteiger partial charge in [0.15, 0.2) is 0 Å². The van der Waals surface area contributed by atoms with Gasteiger partial charge in [-0.25, -0.2) is 0 Å². The minimum absolute atomic E-state index is 0.219. The van der Waals surface area contributed by atoms with Crippen LogP contribution in [0, 0.1) is 0 Å². The molecule has 0 saturated carbocycles. The molecule has 0 aliphatic heterocycles.